The Kier molecular flexibility index (Phi) is 3.72. The van der Waals surface area contributed by atoms with Gasteiger partial charge in [0, 0.05) is 0 Å². The molecule has 0 N–H and O–H groups in total. The third-order valence-electron chi connectivity index (χ3n) is 5.17. The van der Waals surface area contributed by atoms with Crippen LogP contribution in [0.4, 0.5) is 0 Å². The molecule has 0 aromatic heterocycles. The molecule has 0 bridgehead atoms. The highest BCUT2D eigenvalue weighted by molar-refractivity contribution is 5.40. The van der Waals surface area contributed by atoms with Crippen molar-refractivity contribution in [3.8, 4) is 0 Å². The maximum absolute atomic E-state index is 2.44. The van der Waals surface area contributed by atoms with Gasteiger partial charge in [0.2, 0.25) is 0 Å². The van der Waals surface area contributed by atoms with Crippen molar-refractivity contribution in [3.63, 3.8) is 0 Å². The third-order valence-corrected chi connectivity index (χ3v) is 5.17. The first-order valence-corrected chi connectivity index (χ1v) is 7.95. The van der Waals surface area contributed by atoms with E-state index < -0.39 is 0 Å². The molecule has 2 saturated carbocycles. The molecular weight excluding hydrogens is 216 g/mol. The van der Waals surface area contributed by atoms with Gasteiger partial charge >= 0.3 is 0 Å². The average molecular weight is 242 g/mol. The number of hydrogen-bond acceptors (Lipinski definition) is 0. The van der Waals surface area contributed by atoms with Crippen molar-refractivity contribution in [2.24, 2.45) is 0 Å². The molecule has 2 aliphatic rings. The van der Waals surface area contributed by atoms with Crippen LogP contribution >= 0.6 is 0 Å². The van der Waals surface area contributed by atoms with Gasteiger partial charge in [0.15, 0.2) is 0 Å². The fourth-order valence-electron chi connectivity index (χ4n) is 4.25. The predicted octanol–water partition coefficient (Wildman–Crippen LogP) is 5.70. The average Bonchev–Trinajstić information content (AvgIpc) is 2.93. The predicted molar refractivity (Wildman–Crippen MR) is 78.2 cm³/mol. The highest BCUT2D eigenvalue weighted by atomic mass is 14.3. The van der Waals surface area contributed by atoms with Gasteiger partial charge < -0.3 is 0 Å². The second kappa shape index (κ2) is 5.47. The minimum Gasteiger partial charge on any atom is -0.0617 e. The fraction of sp³-hybridized carbons (Fsp3) is 0.667. The second-order valence-corrected chi connectivity index (χ2v) is 6.39. The number of aryl methyl sites for hydroxylation is 1. The van der Waals surface area contributed by atoms with Crippen LogP contribution in [-0.4, -0.2) is 0 Å². The van der Waals surface area contributed by atoms with E-state index in [1.165, 1.54) is 57.8 Å². The number of hydrogen-bond donors (Lipinski definition) is 0. The van der Waals surface area contributed by atoms with E-state index in [9.17, 15) is 0 Å². The first-order chi connectivity index (χ1) is 8.86. The largest absolute Gasteiger partial charge is 0.0617 e. The van der Waals surface area contributed by atoms with Crippen LogP contribution in [0.3, 0.4) is 0 Å². The molecule has 0 spiro atoms. The lowest BCUT2D eigenvalue weighted by Gasteiger charge is -2.27. The Bertz CT molecular complexity index is 392. The number of rotatable bonds is 2. The van der Waals surface area contributed by atoms with Gasteiger partial charge in [-0.05, 0) is 61.1 Å². The van der Waals surface area contributed by atoms with Crippen molar-refractivity contribution in [2.45, 2.75) is 76.5 Å². The van der Waals surface area contributed by atoms with Crippen molar-refractivity contribution in [3.05, 3.63) is 34.9 Å². The molecule has 0 atom stereocenters. The summed E-state index contributed by atoms with van der Waals surface area (Å²) in [6, 6.07) is 7.06. The van der Waals surface area contributed by atoms with E-state index in [0.29, 0.717) is 0 Å². The molecule has 0 heterocycles. The summed E-state index contributed by atoms with van der Waals surface area (Å²) in [7, 11) is 0. The Labute approximate surface area is 112 Å². The monoisotopic (exact) mass is 242 g/mol. The molecule has 98 valence electrons. The smallest absolute Gasteiger partial charge is 0.0157 e. The molecule has 0 nitrogen and oxygen atoms in total. The molecule has 18 heavy (non-hydrogen) atoms. The van der Waals surface area contributed by atoms with Crippen molar-refractivity contribution < 1.29 is 0 Å². The van der Waals surface area contributed by atoms with Gasteiger partial charge in [0.25, 0.3) is 0 Å². The first kappa shape index (κ1) is 12.3. The van der Waals surface area contributed by atoms with E-state index in [1.54, 1.807) is 16.7 Å². The molecule has 0 amide bonds. The van der Waals surface area contributed by atoms with Crippen LogP contribution in [0.25, 0.3) is 0 Å². The molecular formula is C18H26. The highest BCUT2D eigenvalue weighted by Gasteiger charge is 2.25. The Morgan fingerprint density at radius 2 is 1.39 bits per heavy atom. The highest BCUT2D eigenvalue weighted by Crippen LogP contribution is 2.42. The maximum Gasteiger partial charge on any atom is -0.0157 e. The molecule has 0 heteroatoms. The summed E-state index contributed by atoms with van der Waals surface area (Å²) < 4.78 is 0. The van der Waals surface area contributed by atoms with E-state index >= 15 is 0 Å². The van der Waals surface area contributed by atoms with E-state index in [1.807, 2.05) is 0 Å². The third kappa shape index (κ3) is 2.35. The number of benzene rings is 1. The first-order valence-electron chi connectivity index (χ1n) is 7.95. The zero-order valence-corrected chi connectivity index (χ0v) is 11.8. The Morgan fingerprint density at radius 1 is 0.778 bits per heavy atom. The molecule has 0 radical (unpaired) electrons. The minimum absolute atomic E-state index is 0.870. The zero-order valence-electron chi connectivity index (χ0n) is 11.8. The van der Waals surface area contributed by atoms with Gasteiger partial charge in [-0.1, -0.05) is 50.3 Å². The van der Waals surface area contributed by atoms with Crippen molar-refractivity contribution in [2.75, 3.05) is 0 Å². The van der Waals surface area contributed by atoms with Crippen LogP contribution in [-0.2, 0) is 0 Å². The van der Waals surface area contributed by atoms with Crippen molar-refractivity contribution >= 4 is 0 Å². The van der Waals surface area contributed by atoms with Crippen LogP contribution in [0.1, 0.15) is 86.3 Å². The molecule has 0 saturated heterocycles. The van der Waals surface area contributed by atoms with Crippen LogP contribution < -0.4 is 0 Å². The summed E-state index contributed by atoms with van der Waals surface area (Å²) in [5, 5.41) is 0. The van der Waals surface area contributed by atoms with Crippen LogP contribution in [0.15, 0.2) is 18.2 Å². The summed E-state index contributed by atoms with van der Waals surface area (Å²) >= 11 is 0. The van der Waals surface area contributed by atoms with Gasteiger partial charge in [0.05, 0.1) is 0 Å². The second-order valence-electron chi connectivity index (χ2n) is 6.39. The van der Waals surface area contributed by atoms with Gasteiger partial charge in [-0.25, -0.2) is 0 Å². The van der Waals surface area contributed by atoms with Gasteiger partial charge in [-0.2, -0.15) is 0 Å². The standard InChI is InChI=1S/C18H26/c1-14-8-7-13-17(15-9-3-2-4-10-15)18(14)16-11-5-6-12-16/h7-8,13,15-16H,2-6,9-12H2,1H3. The molecule has 1 aromatic carbocycles. The van der Waals surface area contributed by atoms with E-state index in [0.717, 1.165) is 11.8 Å². The molecule has 0 aliphatic heterocycles. The summed E-state index contributed by atoms with van der Waals surface area (Å²) in [5.41, 5.74) is 5.04. The topological polar surface area (TPSA) is 0 Å². The van der Waals surface area contributed by atoms with E-state index in [4.69, 9.17) is 0 Å². The van der Waals surface area contributed by atoms with Crippen molar-refractivity contribution in [1.29, 1.82) is 0 Å². The maximum atomic E-state index is 2.44. The zero-order chi connectivity index (χ0) is 12.4. The lowest BCUT2D eigenvalue weighted by Crippen LogP contribution is -2.10. The SMILES string of the molecule is Cc1cccc(C2CCCCC2)c1C1CCCC1. The summed E-state index contributed by atoms with van der Waals surface area (Å²) in [6.45, 7) is 2.33. The summed E-state index contributed by atoms with van der Waals surface area (Å²) in [6.07, 6.45) is 13.0. The van der Waals surface area contributed by atoms with Crippen LogP contribution in [0.5, 0.6) is 0 Å². The summed E-state index contributed by atoms with van der Waals surface area (Å²) in [4.78, 5) is 0. The lowest BCUT2D eigenvalue weighted by molar-refractivity contribution is 0.439. The molecule has 0 unspecified atom stereocenters. The van der Waals surface area contributed by atoms with Gasteiger partial charge in [-0.15, -0.1) is 0 Å². The lowest BCUT2D eigenvalue weighted by atomic mass is 9.78. The molecule has 2 aliphatic carbocycles. The van der Waals surface area contributed by atoms with Crippen LogP contribution in [0, 0.1) is 6.92 Å². The van der Waals surface area contributed by atoms with Crippen molar-refractivity contribution in [1.82, 2.24) is 0 Å². The summed E-state index contributed by atoms with van der Waals surface area (Å²) in [5.74, 6) is 1.75. The fourth-order valence-corrected chi connectivity index (χ4v) is 4.25. The minimum atomic E-state index is 0.870. The van der Waals surface area contributed by atoms with E-state index in [2.05, 4.69) is 25.1 Å². The van der Waals surface area contributed by atoms with Gasteiger partial charge in [0.1, 0.15) is 0 Å². The Hall–Kier alpha value is -0.780. The molecule has 1 aromatic rings. The van der Waals surface area contributed by atoms with Gasteiger partial charge in [-0.3, -0.25) is 0 Å². The Balaban J connectivity index is 1.94. The van der Waals surface area contributed by atoms with E-state index in [-0.39, 0.29) is 0 Å². The normalized spacial score (nSPS) is 22.5. The molecule has 3 rings (SSSR count). The molecule has 2 fully saturated rings. The Morgan fingerprint density at radius 3 is 2.11 bits per heavy atom. The van der Waals surface area contributed by atoms with Crippen LogP contribution in [0.2, 0.25) is 0 Å². The quantitative estimate of drug-likeness (QED) is 0.624.